The molecule has 1 fully saturated rings. The van der Waals surface area contributed by atoms with Gasteiger partial charge in [-0.3, -0.25) is 4.79 Å². The van der Waals surface area contributed by atoms with Crippen LogP contribution in [0, 0.1) is 17.7 Å². The van der Waals surface area contributed by atoms with E-state index >= 15 is 4.39 Å². The zero-order valence-corrected chi connectivity index (χ0v) is 19.4. The minimum Gasteiger partial charge on any atom is -0.482 e. The first kappa shape index (κ1) is 26.5. The minimum absolute atomic E-state index is 0.0153. The molecular weight excluding hydrogens is 418 g/mol. The molecule has 2 N–H and O–H groups in total. The quantitative estimate of drug-likeness (QED) is 0.324. The van der Waals surface area contributed by atoms with Gasteiger partial charge in [0.05, 0.1) is 19.3 Å². The Morgan fingerprint density at radius 3 is 2.38 bits per heavy atom. The maximum absolute atomic E-state index is 15.1. The SMILES string of the molecule is COC(=O)CCCCCCC1C(O)CC(O)C1CCC(F)C(C)(C)Oc1ccccc1F. The number of esters is 1. The van der Waals surface area contributed by atoms with Gasteiger partial charge in [0.15, 0.2) is 11.6 Å². The third-order valence-corrected chi connectivity index (χ3v) is 6.63. The number of aliphatic hydroxyl groups is 2. The van der Waals surface area contributed by atoms with Crippen LogP contribution < -0.4 is 4.74 Å². The molecule has 0 radical (unpaired) electrons. The number of benzene rings is 1. The number of rotatable bonds is 13. The summed E-state index contributed by atoms with van der Waals surface area (Å²) in [5.41, 5.74) is -1.22. The second kappa shape index (κ2) is 12.5. The minimum atomic E-state index is -1.36. The van der Waals surface area contributed by atoms with Gasteiger partial charge in [-0.05, 0) is 69.9 Å². The highest BCUT2D eigenvalue weighted by Gasteiger charge is 2.42. The topological polar surface area (TPSA) is 76.0 Å². The summed E-state index contributed by atoms with van der Waals surface area (Å²) in [6.45, 7) is 3.19. The van der Waals surface area contributed by atoms with Crippen LogP contribution in [0.5, 0.6) is 5.75 Å². The predicted molar refractivity (Wildman–Crippen MR) is 119 cm³/mol. The molecule has 5 unspecified atom stereocenters. The summed E-state index contributed by atoms with van der Waals surface area (Å²) in [5, 5.41) is 20.8. The van der Waals surface area contributed by atoms with Crippen molar-refractivity contribution in [3.8, 4) is 5.75 Å². The van der Waals surface area contributed by atoms with Crippen LogP contribution >= 0.6 is 0 Å². The average molecular weight is 457 g/mol. The molecule has 1 aromatic carbocycles. The molecule has 1 aromatic rings. The van der Waals surface area contributed by atoms with Crippen molar-refractivity contribution < 1.29 is 33.3 Å². The van der Waals surface area contributed by atoms with Gasteiger partial charge in [0.2, 0.25) is 0 Å². The number of para-hydroxylation sites is 1. The molecule has 0 spiro atoms. The zero-order chi connectivity index (χ0) is 23.7. The lowest BCUT2D eigenvalue weighted by molar-refractivity contribution is -0.140. The monoisotopic (exact) mass is 456 g/mol. The Kier molecular flexibility index (Phi) is 10.4. The smallest absolute Gasteiger partial charge is 0.305 e. The molecule has 0 aliphatic heterocycles. The fourth-order valence-electron chi connectivity index (χ4n) is 4.65. The highest BCUT2D eigenvalue weighted by molar-refractivity contribution is 5.68. The van der Waals surface area contributed by atoms with Crippen LogP contribution in [0.25, 0.3) is 0 Å². The summed E-state index contributed by atoms with van der Waals surface area (Å²) in [5.74, 6) is -0.978. The van der Waals surface area contributed by atoms with Gasteiger partial charge in [0.25, 0.3) is 0 Å². The van der Waals surface area contributed by atoms with E-state index in [1.165, 1.54) is 19.2 Å². The summed E-state index contributed by atoms with van der Waals surface area (Å²) in [6.07, 6.45) is 2.94. The summed E-state index contributed by atoms with van der Waals surface area (Å²) >= 11 is 0. The molecule has 7 heteroatoms. The van der Waals surface area contributed by atoms with Gasteiger partial charge < -0.3 is 19.7 Å². The Morgan fingerprint density at radius 1 is 1.09 bits per heavy atom. The highest BCUT2D eigenvalue weighted by atomic mass is 19.1. The number of ether oxygens (including phenoxy) is 2. The second-order valence-corrected chi connectivity index (χ2v) is 9.41. The molecule has 2 rings (SSSR count). The third kappa shape index (κ3) is 7.69. The number of alkyl halides is 1. The van der Waals surface area contributed by atoms with Crippen LogP contribution in [0.4, 0.5) is 8.78 Å². The Morgan fingerprint density at radius 2 is 1.72 bits per heavy atom. The molecule has 32 heavy (non-hydrogen) atoms. The average Bonchev–Trinajstić information content (AvgIpc) is 3.02. The lowest BCUT2D eigenvalue weighted by Crippen LogP contribution is -2.40. The number of hydrogen-bond donors (Lipinski definition) is 2. The van der Waals surface area contributed by atoms with E-state index in [0.717, 1.165) is 32.1 Å². The number of unbranched alkanes of at least 4 members (excludes halogenated alkanes) is 3. The van der Waals surface area contributed by atoms with Crippen LogP contribution in [-0.4, -0.2) is 47.3 Å². The third-order valence-electron chi connectivity index (χ3n) is 6.63. The number of hydrogen-bond acceptors (Lipinski definition) is 5. The second-order valence-electron chi connectivity index (χ2n) is 9.41. The Labute approximate surface area is 190 Å². The summed E-state index contributed by atoms with van der Waals surface area (Å²) in [4.78, 5) is 11.2. The zero-order valence-electron chi connectivity index (χ0n) is 19.4. The normalized spacial score (nSPS) is 24.3. The number of carbonyl (C=O) groups excluding carboxylic acids is 1. The van der Waals surface area contributed by atoms with Gasteiger partial charge in [-0.25, -0.2) is 8.78 Å². The molecule has 0 heterocycles. The first-order valence-electron chi connectivity index (χ1n) is 11.7. The van der Waals surface area contributed by atoms with Crippen LogP contribution in [0.15, 0.2) is 24.3 Å². The Bertz CT molecular complexity index is 711. The van der Waals surface area contributed by atoms with Crippen molar-refractivity contribution in [3.63, 3.8) is 0 Å². The molecular formula is C25H38F2O5. The van der Waals surface area contributed by atoms with Crippen LogP contribution in [0.3, 0.4) is 0 Å². The molecule has 1 aliphatic carbocycles. The van der Waals surface area contributed by atoms with Crippen molar-refractivity contribution in [2.75, 3.05) is 7.11 Å². The highest BCUT2D eigenvalue weighted by Crippen LogP contribution is 2.40. The van der Waals surface area contributed by atoms with Gasteiger partial charge in [0, 0.05) is 6.42 Å². The molecule has 0 bridgehead atoms. The van der Waals surface area contributed by atoms with Crippen molar-refractivity contribution in [1.29, 1.82) is 0 Å². The number of halogens is 2. The number of carbonyl (C=O) groups is 1. The summed E-state index contributed by atoms with van der Waals surface area (Å²) in [6, 6.07) is 5.93. The van der Waals surface area contributed by atoms with E-state index in [0.29, 0.717) is 19.3 Å². The molecule has 182 valence electrons. The predicted octanol–water partition coefficient (Wildman–Crippen LogP) is 4.97. The fourth-order valence-corrected chi connectivity index (χ4v) is 4.65. The molecule has 5 nitrogen and oxygen atoms in total. The van der Waals surface area contributed by atoms with Crippen molar-refractivity contribution in [3.05, 3.63) is 30.1 Å². The molecule has 0 aromatic heterocycles. The van der Waals surface area contributed by atoms with Gasteiger partial charge in [-0.15, -0.1) is 0 Å². The van der Waals surface area contributed by atoms with Crippen molar-refractivity contribution in [2.45, 2.75) is 95.6 Å². The first-order valence-corrected chi connectivity index (χ1v) is 11.7. The molecule has 0 amide bonds. The molecule has 1 aliphatic rings. The molecule has 5 atom stereocenters. The summed E-state index contributed by atoms with van der Waals surface area (Å²) in [7, 11) is 1.38. The molecule has 1 saturated carbocycles. The van der Waals surface area contributed by atoms with E-state index in [2.05, 4.69) is 4.74 Å². The van der Waals surface area contributed by atoms with Gasteiger partial charge in [-0.2, -0.15) is 0 Å². The van der Waals surface area contributed by atoms with Crippen LogP contribution in [-0.2, 0) is 9.53 Å². The van der Waals surface area contributed by atoms with Gasteiger partial charge >= 0.3 is 5.97 Å². The van der Waals surface area contributed by atoms with E-state index in [-0.39, 0.29) is 30.0 Å². The van der Waals surface area contributed by atoms with Crippen molar-refractivity contribution in [1.82, 2.24) is 0 Å². The number of methoxy groups -OCH3 is 1. The lowest BCUT2D eigenvalue weighted by Gasteiger charge is -2.32. The van der Waals surface area contributed by atoms with Crippen molar-refractivity contribution >= 4 is 5.97 Å². The van der Waals surface area contributed by atoms with E-state index in [1.807, 2.05) is 0 Å². The van der Waals surface area contributed by atoms with Gasteiger partial charge in [0.1, 0.15) is 11.8 Å². The lowest BCUT2D eigenvalue weighted by atomic mass is 9.83. The summed E-state index contributed by atoms with van der Waals surface area (Å²) < 4.78 is 39.2. The van der Waals surface area contributed by atoms with Gasteiger partial charge in [-0.1, -0.05) is 31.4 Å². The maximum Gasteiger partial charge on any atom is 0.305 e. The number of aliphatic hydroxyl groups excluding tert-OH is 2. The van der Waals surface area contributed by atoms with E-state index in [9.17, 15) is 19.4 Å². The van der Waals surface area contributed by atoms with E-state index in [1.54, 1.807) is 26.0 Å². The maximum atomic E-state index is 15.1. The van der Waals surface area contributed by atoms with E-state index in [4.69, 9.17) is 4.74 Å². The van der Waals surface area contributed by atoms with Crippen molar-refractivity contribution in [2.24, 2.45) is 11.8 Å². The fraction of sp³-hybridized carbons (Fsp3) is 0.720. The Hall–Kier alpha value is -1.73. The standard InChI is InChI=1S/C25H38F2O5/c1-25(2,32-22-12-9-8-11-19(22)26)23(27)15-14-18-17(20(28)16-21(18)29)10-6-4-5-7-13-24(30)31-3/h8-9,11-12,17-18,20-21,23,28-29H,4-7,10,13-16H2,1-3H3. The largest absolute Gasteiger partial charge is 0.482 e. The van der Waals surface area contributed by atoms with E-state index < -0.39 is 29.8 Å². The molecule has 0 saturated heterocycles. The Balaban J connectivity index is 1.82. The first-order chi connectivity index (χ1) is 15.2. The van der Waals surface area contributed by atoms with Crippen LogP contribution in [0.2, 0.25) is 0 Å². The van der Waals surface area contributed by atoms with Crippen LogP contribution in [0.1, 0.15) is 71.6 Å².